The third-order valence-corrected chi connectivity index (χ3v) is 6.93. The molecule has 1 aliphatic carbocycles. The number of rotatable bonds is 4. The van der Waals surface area contributed by atoms with Gasteiger partial charge in [-0.15, -0.1) is 0 Å². The van der Waals surface area contributed by atoms with E-state index in [9.17, 15) is 17.6 Å². The Morgan fingerprint density at radius 1 is 1.19 bits per heavy atom. The highest BCUT2D eigenvalue weighted by molar-refractivity contribution is 7.89. The number of halogens is 1. The number of pyridine rings is 1. The van der Waals surface area contributed by atoms with Gasteiger partial charge in [0.1, 0.15) is 16.5 Å². The van der Waals surface area contributed by atoms with Crippen LogP contribution < -0.4 is 4.74 Å². The van der Waals surface area contributed by atoms with Crippen molar-refractivity contribution in [1.29, 1.82) is 0 Å². The third-order valence-electron chi connectivity index (χ3n) is 5.04. The maximum Gasteiger partial charge on any atom is 0.244 e. The molecule has 1 aliphatic heterocycles. The lowest BCUT2D eigenvalue weighted by Gasteiger charge is -2.15. The maximum atomic E-state index is 14.1. The topological polar surface area (TPSA) is 76.6 Å². The van der Waals surface area contributed by atoms with E-state index in [1.807, 2.05) is 0 Å². The summed E-state index contributed by atoms with van der Waals surface area (Å²) in [6.45, 7) is 2.83. The normalized spacial score (nSPS) is 20.1. The van der Waals surface area contributed by atoms with E-state index in [-0.39, 0.29) is 40.2 Å². The van der Waals surface area contributed by atoms with Crippen molar-refractivity contribution in [3.8, 4) is 11.6 Å². The number of sulfonamides is 1. The van der Waals surface area contributed by atoms with Gasteiger partial charge in [0, 0.05) is 31.1 Å². The first kappa shape index (κ1) is 18.1. The van der Waals surface area contributed by atoms with E-state index in [2.05, 4.69) is 4.98 Å². The molecular weight excluding hydrogens is 371 g/mol. The van der Waals surface area contributed by atoms with Crippen molar-refractivity contribution >= 4 is 15.8 Å². The largest absolute Gasteiger partial charge is 0.438 e. The monoisotopic (exact) mass is 390 g/mol. The van der Waals surface area contributed by atoms with Gasteiger partial charge in [0.2, 0.25) is 15.9 Å². The van der Waals surface area contributed by atoms with Crippen LogP contribution in [0, 0.1) is 5.82 Å². The van der Waals surface area contributed by atoms with Gasteiger partial charge in [-0.05, 0) is 37.0 Å². The minimum atomic E-state index is -3.55. The van der Waals surface area contributed by atoms with Gasteiger partial charge in [-0.25, -0.2) is 17.8 Å². The number of ketones is 1. The predicted molar refractivity (Wildman–Crippen MR) is 96.1 cm³/mol. The van der Waals surface area contributed by atoms with Crippen molar-refractivity contribution in [3.63, 3.8) is 0 Å². The van der Waals surface area contributed by atoms with Gasteiger partial charge in [-0.3, -0.25) is 4.79 Å². The van der Waals surface area contributed by atoms with Gasteiger partial charge in [-0.2, -0.15) is 4.31 Å². The van der Waals surface area contributed by atoms with Gasteiger partial charge >= 0.3 is 0 Å². The van der Waals surface area contributed by atoms with E-state index in [1.165, 1.54) is 34.8 Å². The summed E-state index contributed by atoms with van der Waals surface area (Å²) in [6.07, 6.45) is 3.20. The fraction of sp³-hybridized carbons (Fsp3) is 0.368. The van der Waals surface area contributed by atoms with E-state index in [0.29, 0.717) is 18.7 Å². The standard InChI is InChI=1S/C19H19FN2O4S/c1-12-10-15(23)19-16(6-5-14(20)18(12)19)26-17-7-4-13(11-21-17)27(24,25)22-8-2-3-9-22/h4-7,11-12H,2-3,8-10H2,1H3/t12-/m0/s1. The maximum absolute atomic E-state index is 14.1. The summed E-state index contributed by atoms with van der Waals surface area (Å²) in [4.78, 5) is 16.4. The summed E-state index contributed by atoms with van der Waals surface area (Å²) >= 11 is 0. The highest BCUT2D eigenvalue weighted by atomic mass is 32.2. The molecule has 1 aromatic heterocycles. The van der Waals surface area contributed by atoms with Crippen LogP contribution in [-0.4, -0.2) is 36.6 Å². The molecule has 0 spiro atoms. The van der Waals surface area contributed by atoms with E-state index < -0.39 is 15.8 Å². The van der Waals surface area contributed by atoms with Crippen LogP contribution in [0.15, 0.2) is 35.4 Å². The number of fused-ring (bicyclic) bond motifs is 1. The highest BCUT2D eigenvalue weighted by Gasteiger charge is 2.33. The molecule has 0 radical (unpaired) electrons. The number of carbonyl (C=O) groups is 1. The lowest BCUT2D eigenvalue weighted by atomic mass is 10.0. The zero-order valence-corrected chi connectivity index (χ0v) is 15.6. The molecule has 4 rings (SSSR count). The summed E-state index contributed by atoms with van der Waals surface area (Å²) < 4.78 is 46.3. The van der Waals surface area contributed by atoms with Crippen LogP contribution in [0.1, 0.15) is 48.0 Å². The van der Waals surface area contributed by atoms with E-state index in [0.717, 1.165) is 12.8 Å². The zero-order valence-electron chi connectivity index (χ0n) is 14.8. The molecule has 2 aliphatic rings. The fourth-order valence-electron chi connectivity index (χ4n) is 3.68. The molecular formula is C19H19FN2O4S. The summed E-state index contributed by atoms with van der Waals surface area (Å²) in [5.74, 6) is -0.395. The van der Waals surface area contributed by atoms with Crippen LogP contribution >= 0.6 is 0 Å². The molecule has 1 aromatic carbocycles. The molecule has 1 saturated heterocycles. The Hall–Kier alpha value is -2.32. The highest BCUT2D eigenvalue weighted by Crippen LogP contribution is 2.40. The lowest BCUT2D eigenvalue weighted by Crippen LogP contribution is -2.27. The number of ether oxygens (including phenoxy) is 1. The molecule has 27 heavy (non-hydrogen) atoms. The zero-order chi connectivity index (χ0) is 19.2. The van der Waals surface area contributed by atoms with Gasteiger partial charge in [0.15, 0.2) is 5.78 Å². The van der Waals surface area contributed by atoms with E-state index >= 15 is 0 Å². The van der Waals surface area contributed by atoms with Gasteiger partial charge in [0.05, 0.1) is 11.8 Å². The van der Waals surface area contributed by atoms with Crippen molar-refractivity contribution in [1.82, 2.24) is 9.29 Å². The fourth-order valence-corrected chi connectivity index (χ4v) is 5.14. The Labute approximate surface area is 157 Å². The van der Waals surface area contributed by atoms with E-state index in [1.54, 1.807) is 6.92 Å². The second-order valence-electron chi connectivity index (χ2n) is 6.91. The quantitative estimate of drug-likeness (QED) is 0.799. The molecule has 8 heteroatoms. The summed E-state index contributed by atoms with van der Waals surface area (Å²) in [6, 6.07) is 5.56. The van der Waals surface area contributed by atoms with Crippen LogP contribution in [0.3, 0.4) is 0 Å². The number of aromatic nitrogens is 1. The van der Waals surface area contributed by atoms with Crippen LogP contribution in [0.4, 0.5) is 4.39 Å². The first-order valence-electron chi connectivity index (χ1n) is 8.87. The smallest absolute Gasteiger partial charge is 0.244 e. The average Bonchev–Trinajstić information content (AvgIpc) is 3.27. The molecule has 6 nitrogen and oxygen atoms in total. The number of hydrogen-bond donors (Lipinski definition) is 0. The Morgan fingerprint density at radius 3 is 2.59 bits per heavy atom. The second kappa shape index (κ2) is 6.69. The summed E-state index contributed by atoms with van der Waals surface area (Å²) in [7, 11) is -3.55. The number of hydrogen-bond acceptors (Lipinski definition) is 5. The van der Waals surface area contributed by atoms with E-state index in [4.69, 9.17) is 4.74 Å². The number of Topliss-reactive ketones (excluding diaryl/α,β-unsaturated/α-hetero) is 1. The SMILES string of the molecule is C[C@H]1CC(=O)c2c(Oc3ccc(S(=O)(=O)N4CCCC4)cn3)ccc(F)c21. The predicted octanol–water partition coefficient (Wildman–Crippen LogP) is 3.49. The third kappa shape index (κ3) is 3.12. The van der Waals surface area contributed by atoms with Crippen molar-refractivity contribution in [2.45, 2.75) is 37.0 Å². The molecule has 0 saturated carbocycles. The summed E-state index contributed by atoms with van der Waals surface area (Å²) in [5.41, 5.74) is 0.615. The van der Waals surface area contributed by atoms with Crippen LogP contribution in [0.2, 0.25) is 0 Å². The molecule has 2 heterocycles. The van der Waals surface area contributed by atoms with Crippen molar-refractivity contribution in [2.75, 3.05) is 13.1 Å². The van der Waals surface area contributed by atoms with Crippen molar-refractivity contribution < 1.29 is 22.3 Å². The summed E-state index contributed by atoms with van der Waals surface area (Å²) in [5, 5.41) is 0. The molecule has 0 unspecified atom stereocenters. The minimum Gasteiger partial charge on any atom is -0.438 e. The van der Waals surface area contributed by atoms with Gasteiger partial charge in [0.25, 0.3) is 0 Å². The number of carbonyl (C=O) groups excluding carboxylic acids is 1. The first-order valence-corrected chi connectivity index (χ1v) is 10.3. The Morgan fingerprint density at radius 2 is 1.93 bits per heavy atom. The molecule has 0 bridgehead atoms. The molecule has 0 amide bonds. The Kier molecular flexibility index (Phi) is 4.47. The Balaban J connectivity index is 1.61. The number of benzene rings is 1. The molecule has 2 aromatic rings. The average molecular weight is 390 g/mol. The van der Waals surface area contributed by atoms with Gasteiger partial charge < -0.3 is 4.74 Å². The molecule has 1 atom stereocenters. The Bertz CT molecular complexity index is 999. The van der Waals surface area contributed by atoms with Crippen molar-refractivity contribution in [3.05, 3.63) is 47.4 Å². The molecule has 0 N–H and O–H groups in total. The van der Waals surface area contributed by atoms with Crippen LogP contribution in [0.25, 0.3) is 0 Å². The number of nitrogens with zero attached hydrogens (tertiary/aromatic N) is 2. The minimum absolute atomic E-state index is 0.103. The lowest BCUT2D eigenvalue weighted by molar-refractivity contribution is 0.0988. The van der Waals surface area contributed by atoms with Gasteiger partial charge in [-0.1, -0.05) is 6.92 Å². The first-order chi connectivity index (χ1) is 12.9. The second-order valence-corrected chi connectivity index (χ2v) is 8.85. The molecule has 142 valence electrons. The van der Waals surface area contributed by atoms with Crippen LogP contribution in [-0.2, 0) is 10.0 Å². The molecule has 1 fully saturated rings. The van der Waals surface area contributed by atoms with Crippen molar-refractivity contribution in [2.24, 2.45) is 0 Å². The van der Waals surface area contributed by atoms with Crippen LogP contribution in [0.5, 0.6) is 11.6 Å².